The summed E-state index contributed by atoms with van der Waals surface area (Å²) in [5, 5.41) is 0. The molecule has 0 rings (SSSR count). The third-order valence-electron chi connectivity index (χ3n) is 12.9. The predicted octanol–water partition coefficient (Wildman–Crippen LogP) is 22.4. The quantitative estimate of drug-likeness (QED) is 0.0261. The fourth-order valence-electron chi connectivity index (χ4n) is 8.19. The number of rotatable bonds is 56. The monoisotopic (exact) mass is 1110 g/mol. The normalized spacial score (nSPS) is 13.4. The van der Waals surface area contributed by atoms with Crippen LogP contribution in [0, 0.1) is 0 Å². The highest BCUT2D eigenvalue weighted by molar-refractivity contribution is 5.71. The van der Waals surface area contributed by atoms with Crippen molar-refractivity contribution in [2.24, 2.45) is 0 Å². The van der Waals surface area contributed by atoms with Crippen LogP contribution in [-0.4, -0.2) is 37.2 Å². The number of esters is 3. The second-order valence-corrected chi connectivity index (χ2v) is 20.5. The molecular formula is C75H116O6. The molecule has 0 aromatic carbocycles. The van der Waals surface area contributed by atoms with E-state index in [2.05, 4.69) is 191 Å². The van der Waals surface area contributed by atoms with E-state index in [9.17, 15) is 14.4 Å². The first-order valence-electron chi connectivity index (χ1n) is 32.3. The second kappa shape index (κ2) is 67.0. The first-order valence-corrected chi connectivity index (χ1v) is 32.3. The van der Waals surface area contributed by atoms with Crippen molar-refractivity contribution >= 4 is 17.9 Å². The summed E-state index contributed by atoms with van der Waals surface area (Å²) in [4.78, 5) is 38.3. The van der Waals surface area contributed by atoms with E-state index in [1.807, 2.05) is 12.2 Å². The van der Waals surface area contributed by atoms with Gasteiger partial charge in [-0.05, 0) is 141 Å². The topological polar surface area (TPSA) is 78.9 Å². The van der Waals surface area contributed by atoms with Crippen molar-refractivity contribution in [1.29, 1.82) is 0 Å². The van der Waals surface area contributed by atoms with E-state index >= 15 is 0 Å². The largest absolute Gasteiger partial charge is 0.462 e. The second-order valence-electron chi connectivity index (χ2n) is 20.5. The smallest absolute Gasteiger partial charge is 0.306 e. The van der Waals surface area contributed by atoms with Crippen LogP contribution in [0.4, 0.5) is 0 Å². The zero-order chi connectivity index (χ0) is 58.5. The molecule has 0 N–H and O–H groups in total. The van der Waals surface area contributed by atoms with Crippen LogP contribution in [0.2, 0.25) is 0 Å². The summed E-state index contributed by atoms with van der Waals surface area (Å²) in [5.74, 6) is -1.03. The lowest BCUT2D eigenvalue weighted by molar-refractivity contribution is -0.166. The Morgan fingerprint density at radius 3 is 0.765 bits per heavy atom. The highest BCUT2D eigenvalue weighted by atomic mass is 16.6. The van der Waals surface area contributed by atoms with Crippen LogP contribution in [0.25, 0.3) is 0 Å². The molecule has 1 unspecified atom stereocenters. The SMILES string of the molecule is CC/C=C\C/C=C\C/C=C\C/C=C\C/C=C\C/C=C\CCCCCCCCC(=O)OCC(COC(=O)CC/C=C\C/C=C\C/C=C\C/C=C\CC)OC(=O)CCCCCCCCCCC/C=C\C/C=C\C/C=C\C/C=C\C/C=C\CC. The summed E-state index contributed by atoms with van der Waals surface area (Å²) in [6.07, 6.45) is 101. The van der Waals surface area contributed by atoms with E-state index in [0.29, 0.717) is 19.3 Å². The molecular weight excluding hydrogens is 997 g/mol. The number of allylic oxidation sites excluding steroid dienone is 30. The van der Waals surface area contributed by atoms with E-state index in [1.54, 1.807) is 0 Å². The van der Waals surface area contributed by atoms with Gasteiger partial charge in [-0.25, -0.2) is 0 Å². The molecule has 0 aromatic heterocycles. The van der Waals surface area contributed by atoms with Gasteiger partial charge in [0.05, 0.1) is 0 Å². The van der Waals surface area contributed by atoms with Crippen molar-refractivity contribution in [3.05, 3.63) is 182 Å². The van der Waals surface area contributed by atoms with Gasteiger partial charge in [-0.3, -0.25) is 14.4 Å². The minimum atomic E-state index is -0.829. The van der Waals surface area contributed by atoms with Gasteiger partial charge in [-0.1, -0.05) is 274 Å². The minimum Gasteiger partial charge on any atom is -0.462 e. The zero-order valence-electron chi connectivity index (χ0n) is 51.7. The van der Waals surface area contributed by atoms with Crippen LogP contribution in [0.1, 0.15) is 252 Å². The van der Waals surface area contributed by atoms with E-state index in [0.717, 1.165) is 154 Å². The Bertz CT molecular complexity index is 1900. The number of carbonyl (C=O) groups excluding carboxylic acids is 3. The Morgan fingerprint density at radius 2 is 0.469 bits per heavy atom. The van der Waals surface area contributed by atoms with Crippen molar-refractivity contribution in [3.8, 4) is 0 Å². The van der Waals surface area contributed by atoms with E-state index in [-0.39, 0.29) is 37.5 Å². The Balaban J connectivity index is 4.45. The summed E-state index contributed by atoms with van der Waals surface area (Å²) in [7, 11) is 0. The van der Waals surface area contributed by atoms with Gasteiger partial charge in [-0.2, -0.15) is 0 Å². The van der Waals surface area contributed by atoms with Crippen LogP contribution in [0.5, 0.6) is 0 Å². The molecule has 0 heterocycles. The van der Waals surface area contributed by atoms with Gasteiger partial charge < -0.3 is 14.2 Å². The Labute approximate surface area is 497 Å². The molecule has 0 spiro atoms. The lowest BCUT2D eigenvalue weighted by Crippen LogP contribution is -2.30. The predicted molar refractivity (Wildman–Crippen MR) is 352 cm³/mol. The van der Waals surface area contributed by atoms with Crippen LogP contribution in [0.3, 0.4) is 0 Å². The molecule has 0 saturated carbocycles. The maximum atomic E-state index is 12.9. The van der Waals surface area contributed by atoms with Gasteiger partial charge >= 0.3 is 17.9 Å². The lowest BCUT2D eigenvalue weighted by atomic mass is 10.1. The van der Waals surface area contributed by atoms with Crippen molar-refractivity contribution in [1.82, 2.24) is 0 Å². The highest BCUT2D eigenvalue weighted by Crippen LogP contribution is 2.14. The molecule has 0 radical (unpaired) electrons. The summed E-state index contributed by atoms with van der Waals surface area (Å²) in [5.41, 5.74) is 0. The average molecular weight is 1110 g/mol. The van der Waals surface area contributed by atoms with Gasteiger partial charge in [0.2, 0.25) is 0 Å². The molecule has 0 aliphatic rings. The number of carbonyl (C=O) groups is 3. The minimum absolute atomic E-state index is 0.119. The van der Waals surface area contributed by atoms with E-state index in [4.69, 9.17) is 14.2 Å². The molecule has 0 aromatic rings. The molecule has 0 amide bonds. The third kappa shape index (κ3) is 65.2. The molecule has 0 bridgehead atoms. The Kier molecular flexibility index (Phi) is 62.5. The Morgan fingerprint density at radius 1 is 0.247 bits per heavy atom. The average Bonchev–Trinajstić information content (AvgIpc) is 3.46. The Hall–Kier alpha value is -5.49. The van der Waals surface area contributed by atoms with Crippen molar-refractivity contribution in [2.45, 2.75) is 258 Å². The molecule has 1 atom stereocenters. The maximum Gasteiger partial charge on any atom is 0.306 e. The standard InChI is InChI=1S/C75H116O6/c1-4-7-10-13-16-19-22-25-27-29-31-33-35-37-39-41-43-45-47-50-53-56-59-62-65-68-74(77)80-71-72(70-79-73(76)67-64-61-58-55-52-49-24-21-18-15-12-9-6-3)81-75(78)69-66-63-60-57-54-51-48-46-44-42-40-38-36-34-32-30-28-26-23-20-17-14-11-8-5-2/h7-12,16-21,25-28,31-34,37-40,43,45,49,52,58,61,72H,4-6,13-15,22-24,29-30,35-36,41-42,44,46-48,50-51,53-57,59-60,62-71H2,1-3H3/b10-7-,11-8-,12-9-,19-16-,20-17-,21-18-,27-25-,28-26-,33-31-,34-32-,39-37-,40-38-,45-43-,52-49-,61-58-. The summed E-state index contributed by atoms with van der Waals surface area (Å²) in [6.45, 7) is 6.21. The van der Waals surface area contributed by atoms with Crippen molar-refractivity contribution < 1.29 is 28.6 Å². The van der Waals surface area contributed by atoms with Gasteiger partial charge in [0.25, 0.3) is 0 Å². The van der Waals surface area contributed by atoms with Crippen LogP contribution in [0.15, 0.2) is 182 Å². The number of hydrogen-bond donors (Lipinski definition) is 0. The zero-order valence-corrected chi connectivity index (χ0v) is 51.7. The molecule has 0 fully saturated rings. The van der Waals surface area contributed by atoms with Crippen molar-refractivity contribution in [3.63, 3.8) is 0 Å². The fraction of sp³-hybridized carbons (Fsp3) is 0.560. The summed E-state index contributed by atoms with van der Waals surface area (Å²) >= 11 is 0. The molecule has 6 heteroatoms. The highest BCUT2D eigenvalue weighted by Gasteiger charge is 2.19. The number of hydrogen-bond acceptors (Lipinski definition) is 6. The van der Waals surface area contributed by atoms with Gasteiger partial charge in [-0.15, -0.1) is 0 Å². The van der Waals surface area contributed by atoms with E-state index < -0.39 is 6.10 Å². The summed E-state index contributed by atoms with van der Waals surface area (Å²) < 4.78 is 16.8. The van der Waals surface area contributed by atoms with E-state index in [1.165, 1.54) is 51.4 Å². The molecule has 452 valence electrons. The first kappa shape index (κ1) is 75.5. The van der Waals surface area contributed by atoms with Crippen LogP contribution in [-0.2, 0) is 28.6 Å². The lowest BCUT2D eigenvalue weighted by Gasteiger charge is -2.18. The van der Waals surface area contributed by atoms with Crippen molar-refractivity contribution in [2.75, 3.05) is 13.2 Å². The fourth-order valence-corrected chi connectivity index (χ4v) is 8.19. The molecule has 0 aliphatic carbocycles. The molecule has 81 heavy (non-hydrogen) atoms. The number of unbranched alkanes of at least 4 members (excludes halogenated alkanes) is 15. The van der Waals surface area contributed by atoms with Gasteiger partial charge in [0.15, 0.2) is 6.10 Å². The maximum absolute atomic E-state index is 12.9. The number of ether oxygens (including phenoxy) is 3. The van der Waals surface area contributed by atoms with Gasteiger partial charge in [0.1, 0.15) is 13.2 Å². The third-order valence-corrected chi connectivity index (χ3v) is 12.9. The van der Waals surface area contributed by atoms with Gasteiger partial charge in [0, 0.05) is 19.3 Å². The molecule has 0 saturated heterocycles. The molecule has 0 aliphatic heterocycles. The molecule has 6 nitrogen and oxygen atoms in total. The van der Waals surface area contributed by atoms with Crippen LogP contribution >= 0.6 is 0 Å². The van der Waals surface area contributed by atoms with Crippen LogP contribution < -0.4 is 0 Å². The summed E-state index contributed by atoms with van der Waals surface area (Å²) in [6, 6.07) is 0. The first-order chi connectivity index (χ1) is 40.0.